The maximum atomic E-state index is 12.0. The van der Waals surface area contributed by atoms with Crippen LogP contribution in [0, 0.1) is 0 Å². The SMILES string of the molecule is CCCCOc1ccc(C2=Nc3ccccc3C(CC(=O)OCC)S2)cc1. The molecule has 27 heavy (non-hydrogen) atoms. The topological polar surface area (TPSA) is 47.9 Å². The smallest absolute Gasteiger partial charge is 0.307 e. The van der Waals surface area contributed by atoms with Gasteiger partial charge in [0, 0.05) is 10.8 Å². The number of benzene rings is 2. The first-order valence-corrected chi connectivity index (χ1v) is 10.3. The number of carbonyl (C=O) groups excluding carboxylic acids is 1. The summed E-state index contributed by atoms with van der Waals surface area (Å²) in [5, 5.41) is 0.927. The van der Waals surface area contributed by atoms with E-state index in [1.807, 2.05) is 55.5 Å². The second-order valence-corrected chi connectivity index (χ2v) is 7.51. The monoisotopic (exact) mass is 383 g/mol. The van der Waals surface area contributed by atoms with Crippen molar-refractivity contribution in [1.82, 2.24) is 0 Å². The van der Waals surface area contributed by atoms with Crippen molar-refractivity contribution < 1.29 is 14.3 Å². The lowest BCUT2D eigenvalue weighted by Gasteiger charge is -2.23. The number of rotatable bonds is 8. The van der Waals surface area contributed by atoms with E-state index in [9.17, 15) is 4.79 Å². The van der Waals surface area contributed by atoms with E-state index >= 15 is 0 Å². The molecule has 0 saturated carbocycles. The van der Waals surface area contributed by atoms with E-state index in [-0.39, 0.29) is 11.2 Å². The number of carbonyl (C=O) groups is 1. The van der Waals surface area contributed by atoms with Crippen molar-refractivity contribution in [2.75, 3.05) is 13.2 Å². The highest BCUT2D eigenvalue weighted by molar-refractivity contribution is 8.14. The van der Waals surface area contributed by atoms with Gasteiger partial charge in [-0.2, -0.15) is 0 Å². The first-order chi connectivity index (χ1) is 13.2. The fraction of sp³-hybridized carbons (Fsp3) is 0.364. The van der Waals surface area contributed by atoms with Crippen LogP contribution < -0.4 is 4.74 Å². The zero-order valence-corrected chi connectivity index (χ0v) is 16.6. The Morgan fingerprint density at radius 3 is 2.63 bits per heavy atom. The van der Waals surface area contributed by atoms with E-state index in [0.29, 0.717) is 13.0 Å². The lowest BCUT2D eigenvalue weighted by Crippen LogP contribution is -2.13. The van der Waals surface area contributed by atoms with Crippen molar-refractivity contribution in [3.05, 3.63) is 59.7 Å². The van der Waals surface area contributed by atoms with Gasteiger partial charge in [0.1, 0.15) is 10.8 Å². The maximum Gasteiger partial charge on any atom is 0.307 e. The molecule has 0 radical (unpaired) electrons. The Hall–Kier alpha value is -2.27. The Balaban J connectivity index is 1.79. The average Bonchev–Trinajstić information content (AvgIpc) is 2.69. The number of nitrogens with zero attached hydrogens (tertiary/aromatic N) is 1. The molecule has 1 atom stereocenters. The number of para-hydroxylation sites is 1. The number of thioether (sulfide) groups is 1. The van der Waals surface area contributed by atoms with E-state index in [4.69, 9.17) is 14.5 Å². The lowest BCUT2D eigenvalue weighted by atomic mass is 10.1. The van der Waals surface area contributed by atoms with Crippen LogP contribution in [-0.2, 0) is 9.53 Å². The molecule has 3 rings (SSSR count). The van der Waals surface area contributed by atoms with Gasteiger partial charge in [0.25, 0.3) is 0 Å². The van der Waals surface area contributed by atoms with Gasteiger partial charge in [0.2, 0.25) is 0 Å². The minimum atomic E-state index is -0.175. The molecule has 0 spiro atoms. The van der Waals surface area contributed by atoms with Gasteiger partial charge in [-0.05, 0) is 49.2 Å². The first-order valence-electron chi connectivity index (χ1n) is 9.44. The number of hydrogen-bond acceptors (Lipinski definition) is 5. The molecule has 2 aromatic carbocycles. The van der Waals surface area contributed by atoms with Gasteiger partial charge < -0.3 is 9.47 Å². The average molecular weight is 384 g/mol. The Bertz CT molecular complexity index is 801. The number of fused-ring (bicyclic) bond motifs is 1. The van der Waals surface area contributed by atoms with E-state index in [0.717, 1.165) is 47.1 Å². The highest BCUT2D eigenvalue weighted by Gasteiger charge is 2.26. The van der Waals surface area contributed by atoms with Gasteiger partial charge in [-0.3, -0.25) is 4.79 Å². The normalized spacial score (nSPS) is 15.6. The van der Waals surface area contributed by atoms with Crippen molar-refractivity contribution in [2.45, 2.75) is 38.4 Å². The van der Waals surface area contributed by atoms with Crippen LogP contribution in [0.4, 0.5) is 5.69 Å². The molecule has 0 bridgehead atoms. The lowest BCUT2D eigenvalue weighted by molar-refractivity contribution is -0.143. The van der Waals surface area contributed by atoms with Crippen LogP contribution in [-0.4, -0.2) is 24.2 Å². The molecular formula is C22H25NO3S. The summed E-state index contributed by atoms with van der Waals surface area (Å²) in [6.07, 6.45) is 2.51. The third-order valence-electron chi connectivity index (χ3n) is 4.28. The fourth-order valence-corrected chi connectivity index (χ4v) is 4.12. The van der Waals surface area contributed by atoms with Crippen LogP contribution in [0.25, 0.3) is 0 Å². The summed E-state index contributed by atoms with van der Waals surface area (Å²) in [4.78, 5) is 16.9. The summed E-state index contributed by atoms with van der Waals surface area (Å²) in [6, 6.07) is 16.0. The van der Waals surface area contributed by atoms with Crippen molar-refractivity contribution in [1.29, 1.82) is 0 Å². The van der Waals surface area contributed by atoms with Crippen molar-refractivity contribution in [3.8, 4) is 5.75 Å². The third kappa shape index (κ3) is 5.13. The summed E-state index contributed by atoms with van der Waals surface area (Å²) in [6.45, 7) is 5.12. The summed E-state index contributed by atoms with van der Waals surface area (Å²) in [5.74, 6) is 0.697. The van der Waals surface area contributed by atoms with Crippen molar-refractivity contribution in [2.24, 2.45) is 4.99 Å². The molecule has 4 nitrogen and oxygen atoms in total. The zero-order valence-electron chi connectivity index (χ0n) is 15.8. The summed E-state index contributed by atoms with van der Waals surface area (Å²) in [5.41, 5.74) is 3.04. The second kappa shape index (κ2) is 9.60. The van der Waals surface area contributed by atoms with Gasteiger partial charge in [-0.15, -0.1) is 0 Å². The highest BCUT2D eigenvalue weighted by Crippen LogP contribution is 2.44. The van der Waals surface area contributed by atoms with Gasteiger partial charge >= 0.3 is 5.97 Å². The number of aliphatic imine (C=N–C) groups is 1. The zero-order chi connectivity index (χ0) is 19.1. The molecule has 0 N–H and O–H groups in total. The predicted octanol–water partition coefficient (Wildman–Crippen LogP) is 5.68. The molecule has 1 heterocycles. The fourth-order valence-electron chi connectivity index (χ4n) is 2.88. The molecule has 1 aliphatic heterocycles. The number of esters is 1. The van der Waals surface area contributed by atoms with E-state index < -0.39 is 0 Å². The number of hydrogen-bond donors (Lipinski definition) is 0. The van der Waals surface area contributed by atoms with Gasteiger partial charge in [0.15, 0.2) is 0 Å². The Morgan fingerprint density at radius 1 is 1.11 bits per heavy atom. The summed E-state index contributed by atoms with van der Waals surface area (Å²) in [7, 11) is 0. The largest absolute Gasteiger partial charge is 0.494 e. The molecule has 0 aromatic heterocycles. The third-order valence-corrected chi connectivity index (χ3v) is 5.54. The Labute approximate surface area is 165 Å². The van der Waals surface area contributed by atoms with E-state index in [2.05, 4.69) is 6.92 Å². The molecule has 0 fully saturated rings. The van der Waals surface area contributed by atoms with E-state index in [1.165, 1.54) is 0 Å². The molecule has 2 aromatic rings. The van der Waals surface area contributed by atoms with Crippen LogP contribution in [0.5, 0.6) is 5.75 Å². The quantitative estimate of drug-likeness (QED) is 0.434. The predicted molar refractivity (Wildman–Crippen MR) is 111 cm³/mol. The van der Waals surface area contributed by atoms with Gasteiger partial charge in [0.05, 0.1) is 25.3 Å². The second-order valence-electron chi connectivity index (χ2n) is 6.32. The molecule has 1 unspecified atom stereocenters. The van der Waals surface area contributed by atoms with Gasteiger partial charge in [-0.25, -0.2) is 4.99 Å². The van der Waals surface area contributed by atoms with E-state index in [1.54, 1.807) is 11.8 Å². The first kappa shape index (κ1) is 19.5. The van der Waals surface area contributed by atoms with Crippen LogP contribution in [0.15, 0.2) is 53.5 Å². The molecular weight excluding hydrogens is 358 g/mol. The van der Waals surface area contributed by atoms with Gasteiger partial charge in [-0.1, -0.05) is 43.3 Å². The summed E-state index contributed by atoms with van der Waals surface area (Å²) >= 11 is 1.62. The van der Waals surface area contributed by atoms with Crippen molar-refractivity contribution in [3.63, 3.8) is 0 Å². The Kier molecular flexibility index (Phi) is 6.93. The Morgan fingerprint density at radius 2 is 1.89 bits per heavy atom. The molecule has 0 amide bonds. The minimum absolute atomic E-state index is 0.00762. The standard InChI is InChI=1S/C22H25NO3S/c1-3-5-14-26-17-12-10-16(11-13-17)22-23-19-9-7-6-8-18(19)20(27-22)15-21(24)25-4-2/h6-13,20H,3-5,14-15H2,1-2H3. The molecule has 5 heteroatoms. The summed E-state index contributed by atoms with van der Waals surface area (Å²) < 4.78 is 10.9. The van der Waals surface area contributed by atoms with Crippen LogP contribution in [0.3, 0.4) is 0 Å². The molecule has 0 aliphatic carbocycles. The van der Waals surface area contributed by atoms with Crippen molar-refractivity contribution >= 4 is 28.5 Å². The molecule has 0 saturated heterocycles. The number of unbranched alkanes of at least 4 members (excludes halogenated alkanes) is 1. The highest BCUT2D eigenvalue weighted by atomic mass is 32.2. The minimum Gasteiger partial charge on any atom is -0.494 e. The molecule has 1 aliphatic rings. The van der Waals surface area contributed by atoms with Crippen LogP contribution in [0.1, 0.15) is 49.5 Å². The van der Waals surface area contributed by atoms with Crippen LogP contribution >= 0.6 is 11.8 Å². The molecule has 142 valence electrons. The van der Waals surface area contributed by atoms with Crippen LogP contribution in [0.2, 0.25) is 0 Å². The maximum absolute atomic E-state index is 12.0. The number of ether oxygens (including phenoxy) is 2.